The molecular formula is C46H58N6O13S2. The summed E-state index contributed by atoms with van der Waals surface area (Å²) in [7, 11) is 5.76. The van der Waals surface area contributed by atoms with Crippen molar-refractivity contribution in [3.8, 4) is 0 Å². The van der Waals surface area contributed by atoms with E-state index < -0.39 is 71.9 Å². The van der Waals surface area contributed by atoms with E-state index in [-0.39, 0.29) is 85.7 Å². The van der Waals surface area contributed by atoms with E-state index in [4.69, 9.17) is 24.7 Å². The normalized spacial score (nSPS) is 27.4. The zero-order valence-electron chi connectivity index (χ0n) is 38.2. The summed E-state index contributed by atoms with van der Waals surface area (Å²) in [6.45, 7) is 7.32. The summed E-state index contributed by atoms with van der Waals surface area (Å²) >= 11 is 0. The van der Waals surface area contributed by atoms with Crippen molar-refractivity contribution in [1.29, 1.82) is 0 Å². The van der Waals surface area contributed by atoms with Gasteiger partial charge in [0.15, 0.2) is 6.10 Å². The number of Topliss-reactive ketones (excluding diaryl/α,β-unsaturated/α-hetero) is 1. The number of primary amides is 1. The summed E-state index contributed by atoms with van der Waals surface area (Å²) in [6, 6.07) is 4.08. The van der Waals surface area contributed by atoms with E-state index in [0.29, 0.717) is 33.9 Å². The van der Waals surface area contributed by atoms with E-state index in [2.05, 4.69) is 21.3 Å². The van der Waals surface area contributed by atoms with E-state index in [1.807, 2.05) is 6.92 Å². The number of nitrogens with two attached hydrogens (primary N) is 1. The molecule has 7 atom stereocenters. The largest absolute Gasteiger partial charge is 0.448 e. The van der Waals surface area contributed by atoms with Crippen molar-refractivity contribution < 1.29 is 62.4 Å². The second-order valence-electron chi connectivity index (χ2n) is 16.5. The van der Waals surface area contributed by atoms with Crippen molar-refractivity contribution in [3.63, 3.8) is 0 Å². The number of benzene rings is 1. The maximum atomic E-state index is 14.1. The molecule has 1 fully saturated rings. The number of aliphatic hydroxyl groups excluding tert-OH is 1. The van der Waals surface area contributed by atoms with Gasteiger partial charge < -0.3 is 45.3 Å². The number of hydrogen-bond donors (Lipinski definition) is 6. The van der Waals surface area contributed by atoms with Gasteiger partial charge in [-0.1, -0.05) is 65.8 Å². The number of fused-ring (bicyclic) bond motifs is 3. The van der Waals surface area contributed by atoms with Crippen molar-refractivity contribution in [2.24, 2.45) is 17.6 Å². The van der Waals surface area contributed by atoms with E-state index in [1.165, 1.54) is 59.8 Å². The third kappa shape index (κ3) is 13.7. The van der Waals surface area contributed by atoms with Crippen LogP contribution in [0.15, 0.2) is 76.7 Å². The van der Waals surface area contributed by atoms with Crippen LogP contribution in [0.2, 0.25) is 0 Å². The number of imide groups is 1. The highest BCUT2D eigenvalue weighted by molar-refractivity contribution is 8.76. The molecule has 1 aromatic rings. The molecule has 0 saturated carbocycles. The molecule has 362 valence electrons. The van der Waals surface area contributed by atoms with Gasteiger partial charge in [-0.05, 0) is 56.7 Å². The first-order chi connectivity index (χ1) is 31.9. The van der Waals surface area contributed by atoms with Crippen LogP contribution in [0.5, 0.6) is 0 Å². The van der Waals surface area contributed by atoms with Crippen LogP contribution in [0.1, 0.15) is 69.3 Å². The molecule has 1 saturated heterocycles. The maximum Gasteiger partial charge on any atom is 0.411 e. The predicted molar refractivity (Wildman–Crippen MR) is 250 cm³/mol. The highest BCUT2D eigenvalue weighted by Gasteiger charge is 2.40. The topological polar surface area (TPSA) is 271 Å². The highest BCUT2D eigenvalue weighted by Crippen LogP contribution is 2.33. The van der Waals surface area contributed by atoms with Gasteiger partial charge in [-0.25, -0.2) is 9.59 Å². The number of allylic oxidation sites excluding steroid dienone is 4. The lowest BCUT2D eigenvalue weighted by Gasteiger charge is -2.30. The monoisotopic (exact) mass is 966 g/mol. The van der Waals surface area contributed by atoms with Gasteiger partial charge in [0, 0.05) is 85.2 Å². The van der Waals surface area contributed by atoms with Crippen molar-refractivity contribution in [2.75, 3.05) is 44.2 Å². The number of anilines is 1. The molecule has 3 heterocycles. The van der Waals surface area contributed by atoms with Crippen molar-refractivity contribution in [3.05, 3.63) is 87.8 Å². The van der Waals surface area contributed by atoms with E-state index in [9.17, 15) is 43.5 Å². The molecule has 1 aliphatic carbocycles. The fraction of sp³-hybridized carbons (Fsp3) is 0.478. The molecule has 0 unspecified atom stereocenters. The lowest BCUT2D eigenvalue weighted by Crippen LogP contribution is -2.52. The Morgan fingerprint density at radius 3 is 2.46 bits per heavy atom. The summed E-state index contributed by atoms with van der Waals surface area (Å²) in [5.41, 5.74) is 7.50. The third-order valence-corrected chi connectivity index (χ3v) is 14.0. The Labute approximate surface area is 396 Å². The number of aliphatic hydroxyl groups is 1. The van der Waals surface area contributed by atoms with Gasteiger partial charge in [0.05, 0.1) is 23.6 Å². The van der Waals surface area contributed by atoms with Gasteiger partial charge in [-0.2, -0.15) is 0 Å². The van der Waals surface area contributed by atoms with Gasteiger partial charge in [-0.15, -0.1) is 0 Å². The number of methoxy groups -OCH3 is 2. The Bertz CT molecular complexity index is 2280. The molecule has 5 rings (SSSR count). The summed E-state index contributed by atoms with van der Waals surface area (Å²) < 4.78 is 22.1. The number of nitrogens with one attached hydrogen (secondary N) is 4. The van der Waals surface area contributed by atoms with Gasteiger partial charge in [0.25, 0.3) is 11.8 Å². The SMILES string of the molecule is CO[C@H]1/C=C\C=C(\C)C(=O)NC2=CC(=O)C(NCCSSCCOC(=O)Nc3cccc4c3CN([C@H]3CCC(=O)NC3=O)C4=O)=C(C[C@@H](C)C[C@H](OC)[C@@H](O)[C@@H](C)/C=C(/C)[C@@H]1OC(N)=O)C2=O. The predicted octanol–water partition coefficient (Wildman–Crippen LogP) is 3.74. The first-order valence-corrected chi connectivity index (χ1v) is 24.2. The number of carbonyl (C=O) groups is 8. The van der Waals surface area contributed by atoms with Crippen LogP contribution in [0, 0.1) is 11.8 Å². The molecule has 0 spiro atoms. The molecule has 7 N–H and O–H groups in total. The number of ketones is 2. The zero-order valence-corrected chi connectivity index (χ0v) is 39.8. The van der Waals surface area contributed by atoms with Crippen LogP contribution in [0.25, 0.3) is 0 Å². The number of ether oxygens (including phenoxy) is 4. The number of nitrogens with zero attached hydrogens (tertiary/aromatic N) is 1. The molecule has 2 bridgehead atoms. The van der Waals surface area contributed by atoms with Crippen LogP contribution in [0.4, 0.5) is 15.3 Å². The molecule has 4 aliphatic rings. The van der Waals surface area contributed by atoms with Crippen LogP contribution in [-0.4, -0.2) is 127 Å². The summed E-state index contributed by atoms with van der Waals surface area (Å²) in [5, 5.41) is 22.1. The fourth-order valence-electron chi connectivity index (χ4n) is 8.13. The van der Waals surface area contributed by atoms with Crippen molar-refractivity contribution in [1.82, 2.24) is 20.9 Å². The minimum Gasteiger partial charge on any atom is -0.448 e. The first-order valence-electron chi connectivity index (χ1n) is 21.7. The van der Waals surface area contributed by atoms with Gasteiger partial charge in [0.2, 0.25) is 23.4 Å². The molecule has 1 aromatic carbocycles. The Balaban J connectivity index is 1.19. The molecular weight excluding hydrogens is 909 g/mol. The van der Waals surface area contributed by atoms with Gasteiger partial charge in [-0.3, -0.25) is 39.4 Å². The number of rotatable bonds is 13. The second kappa shape index (κ2) is 24.3. The Kier molecular flexibility index (Phi) is 19.0. The summed E-state index contributed by atoms with van der Waals surface area (Å²) in [6.07, 6.45) is 2.86. The van der Waals surface area contributed by atoms with E-state index in [0.717, 1.165) is 6.08 Å². The van der Waals surface area contributed by atoms with Crippen LogP contribution >= 0.6 is 21.6 Å². The van der Waals surface area contributed by atoms with Crippen molar-refractivity contribution in [2.45, 2.75) is 90.4 Å². The Morgan fingerprint density at radius 2 is 1.76 bits per heavy atom. The molecule has 0 aromatic heterocycles. The lowest BCUT2D eigenvalue weighted by atomic mass is 9.85. The van der Waals surface area contributed by atoms with Gasteiger partial charge >= 0.3 is 12.2 Å². The lowest BCUT2D eigenvalue weighted by molar-refractivity contribution is -0.137. The standard InChI is InChI=1S/C46H58N6O13S2/c1-24-19-29-38(48-15-17-66-67-18-16-64-46(61)50-31-11-8-10-28-30(31)23-52(44(28)59)33-13-14-37(54)51-43(33)58)34(53)22-32(40(29)56)49-42(57)25(2)9-7-12-35(62-5)41(65-45(47)60)27(4)21-26(3)39(55)36(20-24)63-6/h7-12,21-22,24,26,33,35-36,39,41,48,55H,13-20,23H2,1-6H3,(H2,47,60)(H,49,57)(H,50,61)(H,51,54,58)/b12-7-,25-9-,27-21-/t24-,26+,33+,35+,36+,39+,41+/m1/s1. The Hall–Kier alpha value is -5.74. The van der Waals surface area contributed by atoms with Crippen molar-refractivity contribution >= 4 is 74.7 Å². The maximum absolute atomic E-state index is 14.1. The van der Waals surface area contributed by atoms with E-state index in [1.54, 1.807) is 44.2 Å². The number of amides is 6. The second-order valence-corrected chi connectivity index (χ2v) is 19.2. The van der Waals surface area contributed by atoms with Crippen LogP contribution < -0.4 is 27.0 Å². The molecule has 6 amide bonds. The summed E-state index contributed by atoms with van der Waals surface area (Å²) in [4.78, 5) is 104. The highest BCUT2D eigenvalue weighted by atomic mass is 33.1. The molecule has 67 heavy (non-hydrogen) atoms. The molecule has 19 nitrogen and oxygen atoms in total. The first kappa shape index (κ1) is 52.2. The van der Waals surface area contributed by atoms with Crippen LogP contribution in [0.3, 0.4) is 0 Å². The quantitative estimate of drug-likeness (QED) is 0.0540. The third-order valence-electron chi connectivity index (χ3n) is 11.6. The van der Waals surface area contributed by atoms with E-state index >= 15 is 0 Å². The number of carbonyl (C=O) groups excluding carboxylic acids is 8. The number of piperidine rings is 1. The minimum atomic E-state index is -1.03. The fourth-order valence-corrected chi connectivity index (χ4v) is 9.86. The zero-order chi connectivity index (χ0) is 48.9. The average Bonchev–Trinajstić information content (AvgIpc) is 3.62. The van der Waals surface area contributed by atoms with Gasteiger partial charge in [0.1, 0.15) is 18.8 Å². The molecule has 0 radical (unpaired) electrons. The molecule has 3 aliphatic heterocycles. The summed E-state index contributed by atoms with van der Waals surface area (Å²) in [5.74, 6) is -2.84. The Morgan fingerprint density at radius 1 is 1.01 bits per heavy atom. The minimum absolute atomic E-state index is 0.0570. The van der Waals surface area contributed by atoms with Crippen LogP contribution in [-0.2, 0) is 49.5 Å². The smallest absolute Gasteiger partial charge is 0.411 e. The average molecular weight is 967 g/mol. The molecule has 21 heteroatoms. The number of hydrogen-bond acceptors (Lipinski definition) is 16.